The Balaban J connectivity index is 2.41. The number of alkyl halides is 1. The van der Waals surface area contributed by atoms with E-state index in [4.69, 9.17) is 29.6 Å². The highest BCUT2D eigenvalue weighted by Crippen LogP contribution is 2.34. The second kappa shape index (κ2) is 7.41. The lowest BCUT2D eigenvalue weighted by molar-refractivity contribution is 0.539. The highest BCUT2D eigenvalue weighted by molar-refractivity contribution is 7.80. The largest absolute Gasteiger partial charge is 0.393 e. The van der Waals surface area contributed by atoms with E-state index in [1.165, 1.54) is 11.1 Å². The van der Waals surface area contributed by atoms with Crippen LogP contribution < -0.4 is 5.73 Å². The molecule has 0 amide bonds. The normalized spacial score (nSPS) is 12.3. The molecule has 2 aromatic rings. The number of thiocarbonyl (C=S) groups is 1. The molecule has 0 aliphatic rings. The van der Waals surface area contributed by atoms with Crippen LogP contribution in [-0.2, 0) is 0 Å². The Bertz CT molecular complexity index is 502. The number of nitrogens with two attached hydrogens (primary N) is 1. The molecule has 0 heterocycles. The quantitative estimate of drug-likeness (QED) is 0.634. The first-order chi connectivity index (χ1) is 9.72. The molecular weight excluding hydrogens is 286 g/mol. The molecule has 0 radical (unpaired) electrons. The Hall–Kier alpha value is -1.38. The smallest absolute Gasteiger partial charge is 0.0730 e. The molecule has 2 N–H and O–H groups in total. The fraction of sp³-hybridized carbons (Fsp3) is 0.235. The zero-order chi connectivity index (χ0) is 14.4. The van der Waals surface area contributed by atoms with Crippen LogP contribution >= 0.6 is 23.8 Å². The van der Waals surface area contributed by atoms with Gasteiger partial charge in [0.05, 0.1) is 4.99 Å². The van der Waals surface area contributed by atoms with Crippen molar-refractivity contribution in [2.24, 2.45) is 11.7 Å². The lowest BCUT2D eigenvalue weighted by atomic mass is 9.80. The third-order valence-electron chi connectivity index (χ3n) is 3.45. The van der Waals surface area contributed by atoms with Gasteiger partial charge in [-0.2, -0.15) is 0 Å². The van der Waals surface area contributed by atoms with Gasteiger partial charge in [0.1, 0.15) is 0 Å². The number of rotatable bonds is 6. The third-order valence-corrected chi connectivity index (χ3v) is 4.01. The highest BCUT2D eigenvalue weighted by Gasteiger charge is 2.24. The van der Waals surface area contributed by atoms with Crippen molar-refractivity contribution < 1.29 is 0 Å². The van der Waals surface area contributed by atoms with Gasteiger partial charge in [-0.05, 0) is 17.0 Å². The van der Waals surface area contributed by atoms with Gasteiger partial charge in [-0.3, -0.25) is 0 Å². The molecule has 20 heavy (non-hydrogen) atoms. The molecule has 0 aliphatic carbocycles. The Morgan fingerprint density at radius 1 is 0.950 bits per heavy atom. The van der Waals surface area contributed by atoms with Crippen LogP contribution in [0.3, 0.4) is 0 Å². The van der Waals surface area contributed by atoms with Crippen LogP contribution in [0, 0.1) is 5.92 Å². The van der Waals surface area contributed by atoms with Crippen molar-refractivity contribution >= 4 is 28.8 Å². The monoisotopic (exact) mass is 303 g/mol. The Labute approximate surface area is 130 Å². The molecule has 3 heteroatoms. The molecule has 0 aliphatic heterocycles. The van der Waals surface area contributed by atoms with Gasteiger partial charge in [0.15, 0.2) is 0 Å². The predicted molar refractivity (Wildman–Crippen MR) is 90.3 cm³/mol. The second-order valence-electron chi connectivity index (χ2n) is 4.88. The minimum absolute atomic E-state index is 0.207. The maximum atomic E-state index is 6.19. The van der Waals surface area contributed by atoms with Crippen LogP contribution in [0.25, 0.3) is 0 Å². The topological polar surface area (TPSA) is 26.0 Å². The first-order valence-electron chi connectivity index (χ1n) is 6.66. The number of benzene rings is 2. The molecular formula is C17H18ClNS. The van der Waals surface area contributed by atoms with Crippen molar-refractivity contribution in [3.63, 3.8) is 0 Å². The molecule has 0 saturated heterocycles. The summed E-state index contributed by atoms with van der Waals surface area (Å²) < 4.78 is 0. The molecule has 104 valence electrons. The molecule has 1 atom stereocenters. The fourth-order valence-electron chi connectivity index (χ4n) is 2.58. The maximum Gasteiger partial charge on any atom is 0.0730 e. The standard InChI is InChI=1S/C17H18ClNS/c18-12-15(11-16(19)20)17(13-7-3-1-4-8-13)14-9-5-2-6-10-14/h1-10,15,17H,11-12H2,(H2,19,20). The number of hydrogen-bond acceptors (Lipinski definition) is 1. The van der Waals surface area contributed by atoms with E-state index in [0.717, 1.165) is 0 Å². The van der Waals surface area contributed by atoms with Crippen LogP contribution in [0.5, 0.6) is 0 Å². The second-order valence-corrected chi connectivity index (χ2v) is 5.72. The minimum Gasteiger partial charge on any atom is -0.393 e. The molecule has 2 aromatic carbocycles. The zero-order valence-electron chi connectivity index (χ0n) is 11.2. The van der Waals surface area contributed by atoms with E-state index in [0.29, 0.717) is 17.3 Å². The summed E-state index contributed by atoms with van der Waals surface area (Å²) in [6, 6.07) is 20.8. The van der Waals surface area contributed by atoms with Gasteiger partial charge in [-0.1, -0.05) is 72.9 Å². The molecule has 2 rings (SSSR count). The molecule has 0 bridgehead atoms. The predicted octanol–water partition coefficient (Wildman–Crippen LogP) is 4.35. The van der Waals surface area contributed by atoms with Gasteiger partial charge in [0, 0.05) is 18.2 Å². The van der Waals surface area contributed by atoms with Gasteiger partial charge in [0.25, 0.3) is 0 Å². The van der Waals surface area contributed by atoms with E-state index in [1.807, 2.05) is 12.1 Å². The van der Waals surface area contributed by atoms with Crippen molar-refractivity contribution in [1.82, 2.24) is 0 Å². The van der Waals surface area contributed by atoms with Crippen LogP contribution in [0.2, 0.25) is 0 Å². The summed E-state index contributed by atoms with van der Waals surface area (Å²) in [7, 11) is 0. The molecule has 0 fully saturated rings. The summed E-state index contributed by atoms with van der Waals surface area (Å²) in [6.07, 6.45) is 0.660. The van der Waals surface area contributed by atoms with Crippen LogP contribution in [0.15, 0.2) is 60.7 Å². The van der Waals surface area contributed by atoms with Crippen LogP contribution in [-0.4, -0.2) is 10.9 Å². The highest BCUT2D eigenvalue weighted by atomic mass is 35.5. The van der Waals surface area contributed by atoms with Crippen molar-refractivity contribution in [2.75, 3.05) is 5.88 Å². The van der Waals surface area contributed by atoms with E-state index in [-0.39, 0.29) is 11.8 Å². The van der Waals surface area contributed by atoms with Gasteiger partial charge in [-0.25, -0.2) is 0 Å². The van der Waals surface area contributed by atoms with Gasteiger partial charge in [0.2, 0.25) is 0 Å². The Morgan fingerprint density at radius 3 is 1.75 bits per heavy atom. The first kappa shape index (κ1) is 15.0. The summed E-state index contributed by atoms with van der Waals surface area (Å²) >= 11 is 11.3. The van der Waals surface area contributed by atoms with Gasteiger partial charge >= 0.3 is 0 Å². The Kier molecular flexibility index (Phi) is 5.57. The van der Waals surface area contributed by atoms with Gasteiger partial charge < -0.3 is 5.73 Å². The lowest BCUT2D eigenvalue weighted by Crippen LogP contribution is -2.22. The lowest BCUT2D eigenvalue weighted by Gasteiger charge is -2.26. The number of hydrogen-bond donors (Lipinski definition) is 1. The van der Waals surface area contributed by atoms with Crippen molar-refractivity contribution in [3.05, 3.63) is 71.8 Å². The first-order valence-corrected chi connectivity index (χ1v) is 7.60. The summed E-state index contributed by atoms with van der Waals surface area (Å²) in [5.74, 6) is 0.960. The molecule has 1 nitrogen and oxygen atoms in total. The van der Waals surface area contributed by atoms with E-state index in [1.54, 1.807) is 0 Å². The third kappa shape index (κ3) is 3.81. The van der Waals surface area contributed by atoms with Gasteiger partial charge in [-0.15, -0.1) is 11.6 Å². The fourth-order valence-corrected chi connectivity index (χ4v) is 3.08. The average molecular weight is 304 g/mol. The molecule has 0 saturated carbocycles. The molecule has 1 unspecified atom stereocenters. The van der Waals surface area contributed by atoms with E-state index < -0.39 is 0 Å². The van der Waals surface area contributed by atoms with Crippen molar-refractivity contribution in [1.29, 1.82) is 0 Å². The number of halogens is 1. The van der Waals surface area contributed by atoms with E-state index in [9.17, 15) is 0 Å². The van der Waals surface area contributed by atoms with E-state index in [2.05, 4.69) is 48.5 Å². The minimum atomic E-state index is 0.207. The Morgan fingerprint density at radius 2 is 1.40 bits per heavy atom. The summed E-state index contributed by atoms with van der Waals surface area (Å²) in [4.78, 5) is 0.521. The summed E-state index contributed by atoms with van der Waals surface area (Å²) in [5, 5.41) is 0. The van der Waals surface area contributed by atoms with Crippen molar-refractivity contribution in [3.8, 4) is 0 Å². The maximum absolute atomic E-state index is 6.19. The van der Waals surface area contributed by atoms with E-state index >= 15 is 0 Å². The molecule has 0 spiro atoms. The average Bonchev–Trinajstić information content (AvgIpc) is 2.48. The molecule has 0 aromatic heterocycles. The summed E-state index contributed by atoms with van der Waals surface area (Å²) in [5.41, 5.74) is 8.24. The SMILES string of the molecule is NC(=S)CC(CCl)C(c1ccccc1)c1ccccc1. The zero-order valence-corrected chi connectivity index (χ0v) is 12.8. The van der Waals surface area contributed by atoms with Crippen LogP contribution in [0.1, 0.15) is 23.5 Å². The summed E-state index contributed by atoms with van der Waals surface area (Å²) in [6.45, 7) is 0. The van der Waals surface area contributed by atoms with Crippen LogP contribution in [0.4, 0.5) is 0 Å². The van der Waals surface area contributed by atoms with Crippen molar-refractivity contribution in [2.45, 2.75) is 12.3 Å².